The van der Waals surface area contributed by atoms with Crippen LogP contribution in [0.4, 0.5) is 0 Å². The zero-order valence-electron chi connectivity index (χ0n) is 8.14. The maximum absolute atomic E-state index is 10.8. The van der Waals surface area contributed by atoms with Gasteiger partial charge in [0.1, 0.15) is 0 Å². The molecule has 0 aliphatic heterocycles. The first-order valence-corrected chi connectivity index (χ1v) is 5.08. The molecule has 3 nitrogen and oxygen atoms in total. The molecule has 1 rings (SSSR count). The van der Waals surface area contributed by atoms with Crippen LogP contribution in [0.3, 0.4) is 0 Å². The van der Waals surface area contributed by atoms with Crippen molar-refractivity contribution in [1.29, 1.82) is 0 Å². The van der Waals surface area contributed by atoms with Gasteiger partial charge in [0.25, 0.3) is 0 Å². The van der Waals surface area contributed by atoms with Gasteiger partial charge in [-0.3, -0.25) is 9.59 Å². The third-order valence-electron chi connectivity index (χ3n) is 2.06. The van der Waals surface area contributed by atoms with Gasteiger partial charge < -0.3 is 5.11 Å². The number of rotatable bonds is 5. The van der Waals surface area contributed by atoms with Gasteiger partial charge in [0.05, 0.1) is 0 Å². The molecule has 0 fully saturated rings. The zero-order chi connectivity index (χ0) is 11.3. The fourth-order valence-corrected chi connectivity index (χ4v) is 1.41. The van der Waals surface area contributed by atoms with Crippen molar-refractivity contribution in [2.75, 3.05) is 0 Å². The molecule has 0 saturated carbocycles. The fourth-order valence-electron chi connectivity index (χ4n) is 1.26. The van der Waals surface area contributed by atoms with Crippen molar-refractivity contribution < 1.29 is 14.7 Å². The van der Waals surface area contributed by atoms with E-state index in [-0.39, 0.29) is 11.5 Å². The van der Waals surface area contributed by atoms with Crippen LogP contribution in [0, 0.1) is 0 Å². The minimum atomic E-state index is -0.780. The zero-order valence-corrected chi connectivity index (χ0v) is 9.04. The number of hydrogen-bond donors (Lipinski definition) is 2. The first-order chi connectivity index (χ1) is 7.09. The molecule has 0 spiro atoms. The van der Waals surface area contributed by atoms with Crippen LogP contribution in [-0.4, -0.2) is 16.2 Å². The van der Waals surface area contributed by atoms with Gasteiger partial charge in [-0.1, -0.05) is 24.3 Å². The van der Waals surface area contributed by atoms with Crippen LogP contribution in [0.5, 0.6) is 0 Å². The highest BCUT2D eigenvalue weighted by molar-refractivity contribution is 7.97. The fraction of sp³-hybridized carbons (Fsp3) is 0.273. The number of aliphatic carboxylic acids is 1. The quantitative estimate of drug-likeness (QED) is 0.753. The minimum absolute atomic E-state index is 0.174. The van der Waals surface area contributed by atoms with Crippen LogP contribution >= 0.6 is 12.6 Å². The van der Waals surface area contributed by atoms with Gasteiger partial charge in [-0.2, -0.15) is 0 Å². The standard InChI is InChI=1S/C11H12O3S/c12-10(13)3-1-2-8-4-6-9(7-5-8)11(14)15/h4-7H,1-3H2,(H,12,13)(H,14,15). The molecule has 0 bridgehead atoms. The first-order valence-electron chi connectivity index (χ1n) is 4.63. The van der Waals surface area contributed by atoms with E-state index in [1.165, 1.54) is 0 Å². The third-order valence-corrected chi connectivity index (χ3v) is 2.32. The second kappa shape index (κ2) is 5.56. The van der Waals surface area contributed by atoms with Crippen molar-refractivity contribution in [3.63, 3.8) is 0 Å². The predicted octanol–water partition coefficient (Wildman–Crippen LogP) is 2.16. The SMILES string of the molecule is O=C(O)CCCc1ccc(C(=O)S)cc1. The molecule has 1 aromatic carbocycles. The van der Waals surface area contributed by atoms with Crippen LogP contribution in [0.25, 0.3) is 0 Å². The van der Waals surface area contributed by atoms with E-state index in [9.17, 15) is 9.59 Å². The van der Waals surface area contributed by atoms with Crippen molar-refractivity contribution in [1.82, 2.24) is 0 Å². The normalized spacial score (nSPS) is 9.93. The lowest BCUT2D eigenvalue weighted by molar-refractivity contribution is -0.137. The van der Waals surface area contributed by atoms with Crippen LogP contribution < -0.4 is 0 Å². The Bertz CT molecular complexity index is 357. The number of aryl methyl sites for hydroxylation is 1. The Kier molecular flexibility index (Phi) is 4.37. The molecule has 1 aromatic rings. The second-order valence-corrected chi connectivity index (χ2v) is 3.66. The summed E-state index contributed by atoms with van der Waals surface area (Å²) in [7, 11) is 0. The smallest absolute Gasteiger partial charge is 0.303 e. The lowest BCUT2D eigenvalue weighted by atomic mass is 10.1. The van der Waals surface area contributed by atoms with Gasteiger partial charge in [0.15, 0.2) is 0 Å². The van der Waals surface area contributed by atoms with E-state index < -0.39 is 5.97 Å². The van der Waals surface area contributed by atoms with Crippen molar-refractivity contribution >= 4 is 23.7 Å². The molecule has 0 radical (unpaired) electrons. The monoisotopic (exact) mass is 224 g/mol. The number of hydrogen-bond acceptors (Lipinski definition) is 2. The summed E-state index contributed by atoms with van der Waals surface area (Å²) in [6.45, 7) is 0. The molecule has 15 heavy (non-hydrogen) atoms. The largest absolute Gasteiger partial charge is 0.481 e. The maximum atomic E-state index is 10.8. The summed E-state index contributed by atoms with van der Waals surface area (Å²) in [6, 6.07) is 7.05. The molecule has 0 atom stereocenters. The third kappa shape index (κ3) is 4.16. The Labute approximate surface area is 93.5 Å². The number of carboxylic acid groups (broad SMARTS) is 1. The summed E-state index contributed by atoms with van der Waals surface area (Å²) >= 11 is 3.70. The highest BCUT2D eigenvalue weighted by atomic mass is 32.1. The second-order valence-electron chi connectivity index (χ2n) is 3.25. The number of carbonyl (C=O) groups is 2. The first kappa shape index (κ1) is 11.8. The van der Waals surface area contributed by atoms with Crippen LogP contribution in [-0.2, 0) is 11.2 Å². The Morgan fingerprint density at radius 3 is 2.27 bits per heavy atom. The van der Waals surface area contributed by atoms with E-state index in [2.05, 4.69) is 12.6 Å². The Hall–Kier alpha value is -1.29. The highest BCUT2D eigenvalue weighted by Crippen LogP contribution is 2.09. The van der Waals surface area contributed by atoms with E-state index in [1.54, 1.807) is 12.1 Å². The van der Waals surface area contributed by atoms with Crippen molar-refractivity contribution in [3.05, 3.63) is 35.4 Å². The van der Waals surface area contributed by atoms with E-state index in [4.69, 9.17) is 5.11 Å². The van der Waals surface area contributed by atoms with Gasteiger partial charge >= 0.3 is 5.97 Å². The number of carbonyl (C=O) groups excluding carboxylic acids is 1. The molecule has 0 aromatic heterocycles. The molecular formula is C11H12O3S. The van der Waals surface area contributed by atoms with Crippen LogP contribution in [0.1, 0.15) is 28.8 Å². The van der Waals surface area contributed by atoms with Gasteiger partial charge in [-0.25, -0.2) is 0 Å². The summed E-state index contributed by atoms with van der Waals surface area (Å²) in [5.41, 5.74) is 1.59. The predicted molar refractivity (Wildman–Crippen MR) is 60.3 cm³/mol. The molecule has 80 valence electrons. The topological polar surface area (TPSA) is 54.4 Å². The summed E-state index contributed by atoms with van der Waals surface area (Å²) in [5.74, 6) is -0.780. The molecule has 0 aliphatic rings. The van der Waals surface area contributed by atoms with E-state index in [0.29, 0.717) is 18.4 Å². The van der Waals surface area contributed by atoms with Gasteiger partial charge in [-0.05, 0) is 18.4 Å². The van der Waals surface area contributed by atoms with Crippen LogP contribution in [0.15, 0.2) is 24.3 Å². The van der Waals surface area contributed by atoms with Gasteiger partial charge in [0, 0.05) is 12.0 Å². The molecule has 0 heterocycles. The number of carboxylic acids is 1. The van der Waals surface area contributed by atoms with Crippen LogP contribution in [0.2, 0.25) is 0 Å². The summed E-state index contributed by atoms with van der Waals surface area (Å²) < 4.78 is 0. The van der Waals surface area contributed by atoms with E-state index in [0.717, 1.165) is 5.56 Å². The summed E-state index contributed by atoms with van der Waals surface area (Å²) in [5, 5.41) is 8.20. The summed E-state index contributed by atoms with van der Waals surface area (Å²) in [6.07, 6.45) is 1.50. The summed E-state index contributed by atoms with van der Waals surface area (Å²) in [4.78, 5) is 21.1. The van der Waals surface area contributed by atoms with Crippen molar-refractivity contribution in [2.45, 2.75) is 19.3 Å². The maximum Gasteiger partial charge on any atom is 0.303 e. The van der Waals surface area contributed by atoms with Crippen molar-refractivity contribution in [2.24, 2.45) is 0 Å². The number of benzene rings is 1. The molecule has 0 saturated heterocycles. The highest BCUT2D eigenvalue weighted by Gasteiger charge is 2.01. The average Bonchev–Trinajstić information content (AvgIpc) is 2.18. The lowest BCUT2D eigenvalue weighted by Gasteiger charge is -2.00. The minimum Gasteiger partial charge on any atom is -0.481 e. The average molecular weight is 224 g/mol. The molecular weight excluding hydrogens is 212 g/mol. The Balaban J connectivity index is 2.50. The molecule has 0 amide bonds. The van der Waals surface area contributed by atoms with Crippen molar-refractivity contribution in [3.8, 4) is 0 Å². The number of thiol groups is 1. The molecule has 1 N–H and O–H groups in total. The Morgan fingerprint density at radius 1 is 1.20 bits per heavy atom. The molecule has 4 heteroatoms. The Morgan fingerprint density at radius 2 is 1.80 bits per heavy atom. The molecule has 0 aliphatic carbocycles. The van der Waals surface area contributed by atoms with E-state index in [1.807, 2.05) is 12.1 Å². The molecule has 0 unspecified atom stereocenters. The van der Waals surface area contributed by atoms with E-state index >= 15 is 0 Å². The van der Waals surface area contributed by atoms with Gasteiger partial charge in [-0.15, -0.1) is 12.6 Å². The van der Waals surface area contributed by atoms with Gasteiger partial charge in [0.2, 0.25) is 5.12 Å². The lowest BCUT2D eigenvalue weighted by Crippen LogP contribution is -1.96.